The second-order valence-electron chi connectivity index (χ2n) is 4.60. The molecule has 0 aliphatic rings. The number of anilines is 1. The fourth-order valence-corrected chi connectivity index (χ4v) is 1.45. The van der Waals surface area contributed by atoms with E-state index in [1.54, 1.807) is 18.0 Å². The molecule has 0 aliphatic carbocycles. The summed E-state index contributed by atoms with van der Waals surface area (Å²) in [6, 6.07) is 4.09. The maximum Gasteiger partial charge on any atom is 0.125 e. The molecule has 0 fully saturated rings. The topological polar surface area (TPSA) is 73.3 Å². The van der Waals surface area contributed by atoms with Crippen molar-refractivity contribution in [2.75, 3.05) is 18.6 Å². The number of nitrogen functional groups attached to an aromatic ring is 1. The summed E-state index contributed by atoms with van der Waals surface area (Å²) in [4.78, 5) is 1.78. The molecule has 1 rings (SSSR count). The maximum atomic E-state index is 13.1. The van der Waals surface area contributed by atoms with E-state index in [1.165, 1.54) is 12.1 Å². The van der Waals surface area contributed by atoms with Gasteiger partial charge >= 0.3 is 0 Å². The highest BCUT2D eigenvalue weighted by atomic mass is 19.1. The number of hydrogen-bond donors (Lipinski definition) is 3. The number of halogens is 1. The van der Waals surface area contributed by atoms with E-state index >= 15 is 0 Å². The smallest absolute Gasteiger partial charge is 0.125 e. The van der Waals surface area contributed by atoms with E-state index in [0.29, 0.717) is 11.3 Å². The summed E-state index contributed by atoms with van der Waals surface area (Å²) < 4.78 is 13.1. The molecule has 0 radical (unpaired) electrons. The van der Waals surface area contributed by atoms with Crippen molar-refractivity contribution in [2.24, 2.45) is 5.73 Å². The number of rotatable bonds is 4. The van der Waals surface area contributed by atoms with E-state index in [1.807, 2.05) is 13.8 Å². The molecule has 4 nitrogen and oxygen atoms in total. The van der Waals surface area contributed by atoms with Crippen molar-refractivity contribution in [1.29, 1.82) is 5.41 Å². The fraction of sp³-hybridized carbons (Fsp3) is 0.417. The van der Waals surface area contributed by atoms with Gasteiger partial charge in [-0.2, -0.15) is 0 Å². The second-order valence-corrected chi connectivity index (χ2v) is 4.60. The van der Waals surface area contributed by atoms with Crippen LogP contribution in [0.25, 0.3) is 0 Å². The third kappa shape index (κ3) is 2.74. The van der Waals surface area contributed by atoms with Gasteiger partial charge in [-0.15, -0.1) is 0 Å². The predicted octanol–water partition coefficient (Wildman–Crippen LogP) is 1.32. The van der Waals surface area contributed by atoms with Gasteiger partial charge in [0, 0.05) is 18.3 Å². The van der Waals surface area contributed by atoms with Gasteiger partial charge in [0.2, 0.25) is 0 Å². The minimum absolute atomic E-state index is 0.0573. The van der Waals surface area contributed by atoms with Crippen LogP contribution in [-0.2, 0) is 0 Å². The first-order chi connectivity index (χ1) is 7.79. The lowest BCUT2D eigenvalue weighted by Gasteiger charge is -2.37. The molecule has 0 saturated heterocycles. The molecule has 0 aliphatic heterocycles. The van der Waals surface area contributed by atoms with Crippen LogP contribution in [0.4, 0.5) is 10.1 Å². The van der Waals surface area contributed by atoms with Gasteiger partial charge in [0.05, 0.1) is 12.1 Å². The van der Waals surface area contributed by atoms with Crippen LogP contribution < -0.4 is 10.6 Å². The number of nitrogens with zero attached hydrogens (tertiary/aromatic N) is 1. The highest BCUT2D eigenvalue weighted by molar-refractivity contribution is 6.00. The Bertz CT molecular complexity index is 432. The quantitative estimate of drug-likeness (QED) is 0.548. The monoisotopic (exact) mass is 239 g/mol. The molecule has 0 heterocycles. The molecule has 0 bridgehead atoms. The summed E-state index contributed by atoms with van der Waals surface area (Å²) in [5, 5.41) is 16.8. The number of likely N-dealkylation sites (N-methyl/N-ethyl adjacent to an activating group) is 1. The summed E-state index contributed by atoms with van der Waals surface area (Å²) >= 11 is 0. The lowest BCUT2D eigenvalue weighted by atomic mass is 10.0. The Hall–Kier alpha value is -1.62. The Morgan fingerprint density at radius 2 is 2.12 bits per heavy atom. The summed E-state index contributed by atoms with van der Waals surface area (Å²) in [6.45, 7) is 3.64. The molecule has 1 aromatic rings. The molecule has 5 heteroatoms. The molecule has 0 aromatic heterocycles. The number of amidine groups is 1. The van der Waals surface area contributed by atoms with Gasteiger partial charge in [0.25, 0.3) is 0 Å². The molecule has 17 heavy (non-hydrogen) atoms. The van der Waals surface area contributed by atoms with Crippen molar-refractivity contribution < 1.29 is 9.50 Å². The summed E-state index contributed by atoms with van der Waals surface area (Å²) in [5.41, 5.74) is 5.87. The molecular weight excluding hydrogens is 221 g/mol. The summed E-state index contributed by atoms with van der Waals surface area (Å²) in [6.07, 6.45) is 0. The zero-order chi connectivity index (χ0) is 13.2. The normalized spacial score (nSPS) is 11.4. The van der Waals surface area contributed by atoms with Crippen molar-refractivity contribution in [3.63, 3.8) is 0 Å². The van der Waals surface area contributed by atoms with Crippen molar-refractivity contribution in [3.05, 3.63) is 29.6 Å². The largest absolute Gasteiger partial charge is 0.394 e. The molecule has 0 saturated carbocycles. The van der Waals surface area contributed by atoms with Gasteiger partial charge in [-0.1, -0.05) is 0 Å². The minimum Gasteiger partial charge on any atom is -0.394 e. The number of aliphatic hydroxyl groups is 1. The first-order valence-corrected chi connectivity index (χ1v) is 5.28. The molecule has 94 valence electrons. The van der Waals surface area contributed by atoms with Crippen LogP contribution in [0.1, 0.15) is 19.4 Å². The minimum atomic E-state index is -0.512. The van der Waals surface area contributed by atoms with Crippen LogP contribution in [0.15, 0.2) is 18.2 Å². The van der Waals surface area contributed by atoms with E-state index in [2.05, 4.69) is 0 Å². The lowest BCUT2D eigenvalue weighted by Crippen LogP contribution is -2.45. The van der Waals surface area contributed by atoms with Gasteiger partial charge in [-0.25, -0.2) is 4.39 Å². The standard InChI is InChI=1S/C12H18FN3O/c1-12(2,7-17)16(3)10-5-4-8(13)6-9(10)11(14)15/h4-6,17H,7H2,1-3H3,(H3,14,15). The highest BCUT2D eigenvalue weighted by Crippen LogP contribution is 2.26. The first-order valence-electron chi connectivity index (χ1n) is 5.28. The molecule has 0 atom stereocenters. The third-order valence-corrected chi connectivity index (χ3v) is 2.91. The van der Waals surface area contributed by atoms with E-state index in [-0.39, 0.29) is 12.4 Å². The molecule has 4 N–H and O–H groups in total. The van der Waals surface area contributed by atoms with Crippen LogP contribution in [0.2, 0.25) is 0 Å². The predicted molar refractivity (Wildman–Crippen MR) is 67.0 cm³/mol. The van der Waals surface area contributed by atoms with E-state index in [0.717, 1.165) is 0 Å². The summed E-state index contributed by atoms with van der Waals surface area (Å²) in [7, 11) is 1.77. The second kappa shape index (κ2) is 4.71. The van der Waals surface area contributed by atoms with Crippen LogP contribution in [0.5, 0.6) is 0 Å². The molecule has 1 aromatic carbocycles. The average molecular weight is 239 g/mol. The van der Waals surface area contributed by atoms with Gasteiger partial charge in [-0.05, 0) is 32.0 Å². The number of nitrogens with two attached hydrogens (primary N) is 1. The van der Waals surface area contributed by atoms with Crippen molar-refractivity contribution in [3.8, 4) is 0 Å². The van der Waals surface area contributed by atoms with Crippen LogP contribution in [0.3, 0.4) is 0 Å². The van der Waals surface area contributed by atoms with E-state index < -0.39 is 11.4 Å². The number of hydrogen-bond acceptors (Lipinski definition) is 3. The van der Waals surface area contributed by atoms with Gasteiger partial charge in [0.1, 0.15) is 11.7 Å². The van der Waals surface area contributed by atoms with E-state index in [4.69, 9.17) is 11.1 Å². The van der Waals surface area contributed by atoms with Crippen LogP contribution >= 0.6 is 0 Å². The summed E-state index contributed by atoms with van der Waals surface area (Å²) in [5.74, 6) is -0.630. The number of benzene rings is 1. The molecule has 0 unspecified atom stereocenters. The van der Waals surface area contributed by atoms with Crippen LogP contribution in [0, 0.1) is 11.2 Å². The van der Waals surface area contributed by atoms with Gasteiger partial charge in [-0.3, -0.25) is 5.41 Å². The first kappa shape index (κ1) is 13.4. The SMILES string of the molecule is CN(c1ccc(F)cc1C(=N)N)C(C)(C)CO. The maximum absolute atomic E-state index is 13.1. The molecule has 0 spiro atoms. The fourth-order valence-electron chi connectivity index (χ4n) is 1.45. The van der Waals surface area contributed by atoms with Crippen molar-refractivity contribution >= 4 is 11.5 Å². The average Bonchev–Trinajstić information content (AvgIpc) is 2.28. The Morgan fingerprint density at radius 1 is 1.53 bits per heavy atom. The third-order valence-electron chi connectivity index (χ3n) is 2.91. The van der Waals surface area contributed by atoms with E-state index in [9.17, 15) is 9.50 Å². The Balaban J connectivity index is 3.26. The van der Waals surface area contributed by atoms with Crippen molar-refractivity contribution in [1.82, 2.24) is 0 Å². The Labute approximate surface area is 100 Å². The lowest BCUT2D eigenvalue weighted by molar-refractivity contribution is 0.216. The van der Waals surface area contributed by atoms with Crippen molar-refractivity contribution in [2.45, 2.75) is 19.4 Å². The Morgan fingerprint density at radius 3 is 2.59 bits per heavy atom. The van der Waals surface area contributed by atoms with Gasteiger partial charge < -0.3 is 15.7 Å². The number of nitrogens with one attached hydrogen (secondary N) is 1. The Kier molecular flexibility index (Phi) is 3.72. The zero-order valence-electron chi connectivity index (χ0n) is 10.3. The molecule has 0 amide bonds. The number of aliphatic hydroxyl groups excluding tert-OH is 1. The molecular formula is C12H18FN3O. The van der Waals surface area contributed by atoms with Gasteiger partial charge in [0.15, 0.2) is 0 Å². The van der Waals surface area contributed by atoms with Crippen LogP contribution in [-0.4, -0.2) is 30.1 Å². The zero-order valence-corrected chi connectivity index (χ0v) is 10.3. The highest BCUT2D eigenvalue weighted by Gasteiger charge is 2.25.